The van der Waals surface area contributed by atoms with E-state index in [-0.39, 0.29) is 30.8 Å². The molecule has 0 unspecified atom stereocenters. The first kappa shape index (κ1) is 15.8. The molecule has 0 atom stereocenters. The van der Waals surface area contributed by atoms with E-state index in [9.17, 15) is 9.59 Å². The minimum atomic E-state index is -0.202. The molecule has 0 aliphatic rings. The van der Waals surface area contributed by atoms with Crippen molar-refractivity contribution in [2.24, 2.45) is 0 Å². The predicted octanol–water partition coefficient (Wildman–Crippen LogP) is 1.06. The Morgan fingerprint density at radius 1 is 1.18 bits per heavy atom. The zero-order valence-corrected chi connectivity index (χ0v) is 12.7. The maximum atomic E-state index is 11.8. The van der Waals surface area contributed by atoms with Gasteiger partial charge < -0.3 is 10.6 Å². The van der Waals surface area contributed by atoms with Gasteiger partial charge in [0.1, 0.15) is 0 Å². The zero-order valence-electron chi connectivity index (χ0n) is 12.7. The Hall–Kier alpha value is -2.63. The number of nitrogens with zero attached hydrogens (tertiary/aromatic N) is 2. The maximum absolute atomic E-state index is 11.8. The van der Waals surface area contributed by atoms with Gasteiger partial charge in [0.25, 0.3) is 0 Å². The molecular formula is C16H20N4O2. The van der Waals surface area contributed by atoms with Crippen molar-refractivity contribution in [1.29, 1.82) is 0 Å². The summed E-state index contributed by atoms with van der Waals surface area (Å²) in [5.41, 5.74) is 1.73. The number of carbonyl (C=O) groups excluding carboxylic acids is 2. The van der Waals surface area contributed by atoms with E-state index in [1.54, 1.807) is 10.9 Å². The summed E-state index contributed by atoms with van der Waals surface area (Å²) in [5, 5.41) is 9.55. The molecule has 2 N–H and O–H groups in total. The lowest BCUT2D eigenvalue weighted by atomic mass is 10.2. The normalized spacial score (nSPS) is 10.5. The number of benzene rings is 1. The lowest BCUT2D eigenvalue weighted by molar-refractivity contribution is -0.126. The summed E-state index contributed by atoms with van der Waals surface area (Å²) in [6, 6.07) is 9.73. The van der Waals surface area contributed by atoms with Crippen LogP contribution in [0.25, 0.3) is 5.69 Å². The Kier molecular flexibility index (Phi) is 5.30. The van der Waals surface area contributed by atoms with Gasteiger partial charge in [-0.2, -0.15) is 5.10 Å². The number of hydrogen-bond donors (Lipinski definition) is 2. The van der Waals surface area contributed by atoms with Crippen LogP contribution in [-0.2, 0) is 16.0 Å². The maximum Gasteiger partial charge on any atom is 0.239 e. The molecule has 0 aliphatic heterocycles. The van der Waals surface area contributed by atoms with Crippen LogP contribution in [0.15, 0.2) is 42.7 Å². The lowest BCUT2D eigenvalue weighted by Crippen LogP contribution is -2.40. The standard InChI is InChI=1S/C16H20N4O2/c1-12(2)19-16(22)10-17-15(21)8-13-9-18-20(11-13)14-6-4-3-5-7-14/h3-7,9,11-12H,8,10H2,1-2H3,(H,17,21)(H,19,22). The number of carbonyl (C=O) groups is 2. The summed E-state index contributed by atoms with van der Waals surface area (Å²) >= 11 is 0. The van der Waals surface area contributed by atoms with Crippen molar-refractivity contribution in [2.45, 2.75) is 26.3 Å². The Morgan fingerprint density at radius 2 is 1.91 bits per heavy atom. The SMILES string of the molecule is CC(C)NC(=O)CNC(=O)Cc1cnn(-c2ccccc2)c1. The highest BCUT2D eigenvalue weighted by atomic mass is 16.2. The number of hydrogen-bond acceptors (Lipinski definition) is 3. The second-order valence-electron chi connectivity index (χ2n) is 5.30. The molecule has 116 valence electrons. The van der Waals surface area contributed by atoms with Crippen LogP contribution in [-0.4, -0.2) is 34.2 Å². The monoisotopic (exact) mass is 300 g/mol. The summed E-state index contributed by atoms with van der Waals surface area (Å²) < 4.78 is 1.72. The molecular weight excluding hydrogens is 280 g/mol. The molecule has 6 nitrogen and oxygen atoms in total. The van der Waals surface area contributed by atoms with Crippen molar-refractivity contribution >= 4 is 11.8 Å². The highest BCUT2D eigenvalue weighted by molar-refractivity contribution is 5.85. The van der Waals surface area contributed by atoms with Crippen LogP contribution in [0.3, 0.4) is 0 Å². The lowest BCUT2D eigenvalue weighted by Gasteiger charge is -2.08. The molecule has 1 heterocycles. The highest BCUT2D eigenvalue weighted by Gasteiger charge is 2.09. The van der Waals surface area contributed by atoms with Crippen LogP contribution in [0.1, 0.15) is 19.4 Å². The summed E-state index contributed by atoms with van der Waals surface area (Å²) in [6.45, 7) is 3.74. The van der Waals surface area contributed by atoms with E-state index in [4.69, 9.17) is 0 Å². The average Bonchev–Trinajstić information content (AvgIpc) is 2.94. The molecule has 2 amide bonds. The second-order valence-corrected chi connectivity index (χ2v) is 5.30. The van der Waals surface area contributed by atoms with Crippen LogP contribution in [0, 0.1) is 0 Å². The number of aromatic nitrogens is 2. The first-order chi connectivity index (χ1) is 10.5. The summed E-state index contributed by atoms with van der Waals surface area (Å²) in [6.07, 6.45) is 3.66. The van der Waals surface area contributed by atoms with Gasteiger partial charge in [-0.05, 0) is 31.5 Å². The van der Waals surface area contributed by atoms with Crippen LogP contribution in [0.4, 0.5) is 0 Å². The molecule has 0 bridgehead atoms. The van der Waals surface area contributed by atoms with Crippen LogP contribution in [0.2, 0.25) is 0 Å². The van der Waals surface area contributed by atoms with E-state index in [0.29, 0.717) is 0 Å². The third-order valence-corrected chi connectivity index (χ3v) is 2.92. The Labute approximate surface area is 129 Å². The zero-order chi connectivity index (χ0) is 15.9. The van der Waals surface area contributed by atoms with Gasteiger partial charge >= 0.3 is 0 Å². The van der Waals surface area contributed by atoms with Crippen molar-refractivity contribution in [2.75, 3.05) is 6.54 Å². The van der Waals surface area contributed by atoms with Crippen LogP contribution >= 0.6 is 0 Å². The number of amides is 2. The van der Waals surface area contributed by atoms with Crippen molar-refractivity contribution < 1.29 is 9.59 Å². The van der Waals surface area contributed by atoms with E-state index in [2.05, 4.69) is 15.7 Å². The Morgan fingerprint density at radius 3 is 2.59 bits per heavy atom. The number of para-hydroxylation sites is 1. The van der Waals surface area contributed by atoms with Gasteiger partial charge in [0.2, 0.25) is 11.8 Å². The minimum absolute atomic E-state index is 0.0101. The van der Waals surface area contributed by atoms with Gasteiger partial charge in [-0.3, -0.25) is 9.59 Å². The average molecular weight is 300 g/mol. The third-order valence-electron chi connectivity index (χ3n) is 2.92. The molecule has 0 radical (unpaired) electrons. The fraction of sp³-hybridized carbons (Fsp3) is 0.312. The topological polar surface area (TPSA) is 76.0 Å². The van der Waals surface area contributed by atoms with Crippen LogP contribution in [0.5, 0.6) is 0 Å². The molecule has 1 aromatic heterocycles. The Balaban J connectivity index is 1.85. The molecule has 0 saturated carbocycles. The smallest absolute Gasteiger partial charge is 0.239 e. The minimum Gasteiger partial charge on any atom is -0.352 e. The van der Waals surface area contributed by atoms with Crippen molar-refractivity contribution in [3.63, 3.8) is 0 Å². The fourth-order valence-electron chi connectivity index (χ4n) is 1.97. The van der Waals surface area contributed by atoms with E-state index in [0.717, 1.165) is 11.3 Å². The van der Waals surface area contributed by atoms with E-state index in [1.165, 1.54) is 0 Å². The number of rotatable bonds is 6. The van der Waals surface area contributed by atoms with Crippen molar-refractivity contribution in [1.82, 2.24) is 20.4 Å². The van der Waals surface area contributed by atoms with Crippen molar-refractivity contribution in [3.05, 3.63) is 48.3 Å². The largest absolute Gasteiger partial charge is 0.352 e. The van der Waals surface area contributed by atoms with E-state index in [1.807, 2.05) is 50.4 Å². The Bertz CT molecular complexity index is 635. The molecule has 6 heteroatoms. The van der Waals surface area contributed by atoms with Gasteiger partial charge in [0.15, 0.2) is 0 Å². The second kappa shape index (κ2) is 7.40. The third kappa shape index (κ3) is 4.73. The van der Waals surface area contributed by atoms with E-state index >= 15 is 0 Å². The highest BCUT2D eigenvalue weighted by Crippen LogP contribution is 2.07. The van der Waals surface area contributed by atoms with Gasteiger partial charge in [-0.25, -0.2) is 4.68 Å². The quantitative estimate of drug-likeness (QED) is 0.837. The predicted molar refractivity (Wildman–Crippen MR) is 83.6 cm³/mol. The summed E-state index contributed by atoms with van der Waals surface area (Å²) in [7, 11) is 0. The molecule has 22 heavy (non-hydrogen) atoms. The summed E-state index contributed by atoms with van der Waals surface area (Å²) in [5.74, 6) is -0.394. The molecule has 0 spiro atoms. The molecule has 0 saturated heterocycles. The summed E-state index contributed by atoms with van der Waals surface area (Å²) in [4.78, 5) is 23.3. The molecule has 0 aliphatic carbocycles. The van der Waals surface area contributed by atoms with Gasteiger partial charge in [-0.1, -0.05) is 18.2 Å². The van der Waals surface area contributed by atoms with Crippen LogP contribution < -0.4 is 10.6 Å². The molecule has 2 rings (SSSR count). The fourth-order valence-corrected chi connectivity index (χ4v) is 1.97. The van der Waals surface area contributed by atoms with Crippen molar-refractivity contribution in [3.8, 4) is 5.69 Å². The first-order valence-corrected chi connectivity index (χ1v) is 7.19. The molecule has 1 aromatic carbocycles. The van der Waals surface area contributed by atoms with E-state index < -0.39 is 0 Å². The molecule has 0 fully saturated rings. The molecule has 2 aromatic rings. The van der Waals surface area contributed by atoms with Gasteiger partial charge in [0, 0.05) is 12.2 Å². The number of nitrogens with one attached hydrogen (secondary N) is 2. The first-order valence-electron chi connectivity index (χ1n) is 7.19. The van der Waals surface area contributed by atoms with Gasteiger partial charge in [-0.15, -0.1) is 0 Å². The van der Waals surface area contributed by atoms with Gasteiger partial charge in [0.05, 0.1) is 24.8 Å².